The van der Waals surface area contributed by atoms with Gasteiger partial charge in [0.1, 0.15) is 17.7 Å². The van der Waals surface area contributed by atoms with E-state index in [1.54, 1.807) is 24.3 Å². The second-order valence-corrected chi connectivity index (χ2v) is 9.54. The maximum Gasteiger partial charge on any atom is 0.326 e. The van der Waals surface area contributed by atoms with Crippen molar-refractivity contribution in [2.24, 2.45) is 5.92 Å². The molecule has 0 bridgehead atoms. The van der Waals surface area contributed by atoms with Crippen LogP contribution in [0, 0.1) is 17.6 Å². The maximum absolute atomic E-state index is 14.9. The summed E-state index contributed by atoms with van der Waals surface area (Å²) >= 11 is 6.11. The van der Waals surface area contributed by atoms with Crippen molar-refractivity contribution in [3.05, 3.63) is 77.1 Å². The van der Waals surface area contributed by atoms with Crippen LogP contribution in [0.15, 0.2) is 54.7 Å². The first-order chi connectivity index (χ1) is 17.8. The summed E-state index contributed by atoms with van der Waals surface area (Å²) in [6, 6.07) is 10.2. The number of carboxylic acid groups (broad SMARTS) is 1. The van der Waals surface area contributed by atoms with E-state index in [9.17, 15) is 23.5 Å². The highest BCUT2D eigenvalue weighted by Crippen LogP contribution is 2.32. The minimum atomic E-state index is -1.13. The fourth-order valence-corrected chi connectivity index (χ4v) is 5.12. The summed E-state index contributed by atoms with van der Waals surface area (Å²) in [6.07, 6.45) is 5.72. The number of hydrogen-bond acceptors (Lipinski definition) is 4. The van der Waals surface area contributed by atoms with Gasteiger partial charge in [-0.05, 0) is 61.2 Å². The van der Waals surface area contributed by atoms with E-state index < -0.39 is 29.6 Å². The molecule has 1 aliphatic carbocycles. The van der Waals surface area contributed by atoms with Gasteiger partial charge in [0.15, 0.2) is 5.69 Å². The third-order valence-electron chi connectivity index (χ3n) is 6.74. The highest BCUT2D eigenvalue weighted by Gasteiger charge is 2.32. The Hall–Kier alpha value is -3.85. The van der Waals surface area contributed by atoms with E-state index in [0.717, 1.165) is 31.4 Å². The van der Waals surface area contributed by atoms with Crippen LogP contribution in [-0.2, 0) is 4.79 Å². The van der Waals surface area contributed by atoms with E-state index in [0.29, 0.717) is 34.5 Å². The van der Waals surface area contributed by atoms with Gasteiger partial charge in [-0.1, -0.05) is 36.9 Å². The SMILES string of the molecule is O=C(N[C@H](C(=O)O)C1CCCCC1)c1cc(-c2c(F)cccc2F)n(-c2ccnc3cc(Cl)ccc23)n1. The number of carboxylic acids is 1. The molecule has 0 aliphatic heterocycles. The molecule has 0 spiro atoms. The zero-order valence-electron chi connectivity index (χ0n) is 19.6. The van der Waals surface area contributed by atoms with Crippen LogP contribution in [0.25, 0.3) is 27.8 Å². The predicted octanol–water partition coefficient (Wildman–Crippen LogP) is 5.78. The Morgan fingerprint density at radius 3 is 2.49 bits per heavy atom. The van der Waals surface area contributed by atoms with Crippen molar-refractivity contribution in [1.82, 2.24) is 20.1 Å². The topological polar surface area (TPSA) is 97.1 Å². The van der Waals surface area contributed by atoms with Crippen molar-refractivity contribution in [3.8, 4) is 16.9 Å². The summed E-state index contributed by atoms with van der Waals surface area (Å²) in [5, 5.41) is 17.8. The van der Waals surface area contributed by atoms with Crippen molar-refractivity contribution in [2.45, 2.75) is 38.1 Å². The first-order valence-corrected chi connectivity index (χ1v) is 12.3. The van der Waals surface area contributed by atoms with Gasteiger partial charge in [-0.3, -0.25) is 9.78 Å². The Morgan fingerprint density at radius 2 is 1.78 bits per heavy atom. The van der Waals surface area contributed by atoms with Crippen LogP contribution in [0.5, 0.6) is 0 Å². The van der Waals surface area contributed by atoms with Gasteiger partial charge in [-0.2, -0.15) is 5.10 Å². The molecule has 1 atom stereocenters. The molecule has 2 N–H and O–H groups in total. The predicted molar refractivity (Wildman–Crippen MR) is 135 cm³/mol. The molecule has 0 unspecified atom stereocenters. The van der Waals surface area contributed by atoms with Gasteiger partial charge < -0.3 is 10.4 Å². The number of fused-ring (bicyclic) bond motifs is 1. The molecule has 37 heavy (non-hydrogen) atoms. The van der Waals surface area contributed by atoms with Crippen LogP contribution in [0.1, 0.15) is 42.6 Å². The summed E-state index contributed by atoms with van der Waals surface area (Å²) in [5.74, 6) is -3.73. The number of hydrogen-bond donors (Lipinski definition) is 2. The lowest BCUT2D eigenvalue weighted by atomic mass is 9.84. The molecule has 5 rings (SSSR count). The van der Waals surface area contributed by atoms with E-state index >= 15 is 0 Å². The Labute approximate surface area is 216 Å². The van der Waals surface area contributed by atoms with Crippen LogP contribution in [0.2, 0.25) is 5.02 Å². The molecule has 10 heteroatoms. The fraction of sp³-hybridized carbons (Fsp3) is 0.259. The number of nitrogens with zero attached hydrogens (tertiary/aromatic N) is 3. The van der Waals surface area contributed by atoms with Crippen LogP contribution >= 0.6 is 11.6 Å². The summed E-state index contributed by atoms with van der Waals surface area (Å²) in [4.78, 5) is 29.5. The van der Waals surface area contributed by atoms with Crippen molar-refractivity contribution < 1.29 is 23.5 Å². The molecule has 7 nitrogen and oxygen atoms in total. The number of rotatable bonds is 6. The largest absolute Gasteiger partial charge is 0.480 e. The Balaban J connectivity index is 1.62. The van der Waals surface area contributed by atoms with Gasteiger partial charge in [0, 0.05) is 16.6 Å². The highest BCUT2D eigenvalue weighted by atomic mass is 35.5. The number of carbonyl (C=O) groups excluding carboxylic acids is 1. The lowest BCUT2D eigenvalue weighted by Crippen LogP contribution is -2.46. The van der Waals surface area contributed by atoms with E-state index in [2.05, 4.69) is 15.4 Å². The third-order valence-corrected chi connectivity index (χ3v) is 6.98. The smallest absolute Gasteiger partial charge is 0.326 e. The van der Waals surface area contributed by atoms with Crippen molar-refractivity contribution in [2.75, 3.05) is 0 Å². The molecule has 0 radical (unpaired) electrons. The van der Waals surface area contributed by atoms with Gasteiger partial charge in [0.25, 0.3) is 5.91 Å². The van der Waals surface area contributed by atoms with Crippen molar-refractivity contribution in [1.29, 1.82) is 0 Å². The van der Waals surface area contributed by atoms with E-state index in [4.69, 9.17) is 11.6 Å². The number of carbonyl (C=O) groups is 2. The molecule has 2 heterocycles. The van der Waals surface area contributed by atoms with Gasteiger partial charge in [0.2, 0.25) is 0 Å². The first kappa shape index (κ1) is 24.8. The number of amides is 1. The summed E-state index contributed by atoms with van der Waals surface area (Å²) < 4.78 is 31.0. The average molecular weight is 525 g/mol. The zero-order chi connectivity index (χ0) is 26.1. The number of pyridine rings is 1. The molecule has 1 saturated carbocycles. The molecule has 1 aliphatic rings. The van der Waals surface area contributed by atoms with Crippen molar-refractivity contribution >= 4 is 34.4 Å². The average Bonchev–Trinajstić information content (AvgIpc) is 3.31. The summed E-state index contributed by atoms with van der Waals surface area (Å²) in [7, 11) is 0. The fourth-order valence-electron chi connectivity index (χ4n) is 4.95. The summed E-state index contributed by atoms with van der Waals surface area (Å²) in [5.41, 5.74) is 0.400. The van der Waals surface area contributed by atoms with E-state index in [1.807, 2.05) is 0 Å². The minimum Gasteiger partial charge on any atom is -0.480 e. The quantitative estimate of drug-likeness (QED) is 0.333. The normalized spacial score (nSPS) is 15.0. The first-order valence-electron chi connectivity index (χ1n) is 12.0. The number of nitrogens with one attached hydrogen (secondary N) is 1. The van der Waals surface area contributed by atoms with Crippen LogP contribution in [-0.4, -0.2) is 37.8 Å². The zero-order valence-corrected chi connectivity index (χ0v) is 20.4. The Kier molecular flexibility index (Phi) is 6.88. The lowest BCUT2D eigenvalue weighted by molar-refractivity contribution is -0.141. The molecule has 2 aromatic carbocycles. The highest BCUT2D eigenvalue weighted by molar-refractivity contribution is 6.31. The van der Waals surface area contributed by atoms with Gasteiger partial charge in [-0.25, -0.2) is 18.3 Å². The number of halogens is 3. The maximum atomic E-state index is 14.9. The molecule has 2 aromatic heterocycles. The van der Waals surface area contributed by atoms with Gasteiger partial charge in [-0.15, -0.1) is 0 Å². The molecule has 4 aromatic rings. The molecule has 0 saturated heterocycles. The Morgan fingerprint density at radius 1 is 1.05 bits per heavy atom. The monoisotopic (exact) mass is 524 g/mol. The van der Waals surface area contributed by atoms with Crippen molar-refractivity contribution in [3.63, 3.8) is 0 Å². The second-order valence-electron chi connectivity index (χ2n) is 9.10. The second kappa shape index (κ2) is 10.3. The van der Waals surface area contributed by atoms with Crippen LogP contribution in [0.3, 0.4) is 0 Å². The van der Waals surface area contributed by atoms with Gasteiger partial charge in [0.05, 0.1) is 22.5 Å². The summed E-state index contributed by atoms with van der Waals surface area (Å²) in [6.45, 7) is 0. The minimum absolute atomic E-state index is 0.00672. The van der Waals surface area contributed by atoms with Gasteiger partial charge >= 0.3 is 5.97 Å². The van der Waals surface area contributed by atoms with Crippen LogP contribution in [0.4, 0.5) is 8.78 Å². The molecule has 1 fully saturated rings. The molecule has 1 amide bonds. The Bertz CT molecular complexity index is 1480. The van der Waals surface area contributed by atoms with E-state index in [1.165, 1.54) is 23.0 Å². The molecular weight excluding hydrogens is 502 g/mol. The number of aromatic nitrogens is 3. The van der Waals surface area contributed by atoms with E-state index in [-0.39, 0.29) is 22.9 Å². The number of aliphatic carboxylic acids is 1. The third kappa shape index (κ3) is 4.91. The molecule has 190 valence electrons. The molecular formula is C27H23ClF2N4O3. The lowest BCUT2D eigenvalue weighted by Gasteiger charge is -2.27. The number of benzene rings is 2. The van der Waals surface area contributed by atoms with Crippen LogP contribution < -0.4 is 5.32 Å². The standard InChI is InChI=1S/C27H23ClF2N4O3/c28-16-9-10-17-20(13-16)31-12-11-22(17)34-23(24-18(29)7-4-8-19(24)30)14-21(33-34)26(35)32-25(27(36)37)15-5-2-1-3-6-15/h4,7-15,25H,1-3,5-6H2,(H,32,35)(H,36,37)/t25-/m0/s1.